The minimum atomic E-state index is -0.366. The van der Waals surface area contributed by atoms with Gasteiger partial charge < -0.3 is 10.2 Å². The molecule has 1 aliphatic heterocycles. The minimum absolute atomic E-state index is 0.182. The molecule has 1 fully saturated rings. The molecule has 0 bridgehead atoms. The third-order valence-electron chi connectivity index (χ3n) is 4.86. The van der Waals surface area contributed by atoms with Crippen LogP contribution in [0, 0.1) is 5.92 Å². The molecular formula is C19H21ClN6O2. The molecule has 9 heteroatoms. The number of piperidine rings is 1. The number of nitrogens with one attached hydrogen (secondary N) is 1. The van der Waals surface area contributed by atoms with Gasteiger partial charge in [0.1, 0.15) is 6.54 Å². The highest BCUT2D eigenvalue weighted by atomic mass is 35.5. The summed E-state index contributed by atoms with van der Waals surface area (Å²) in [4.78, 5) is 31.6. The molecule has 1 aliphatic rings. The quantitative estimate of drug-likeness (QED) is 0.727. The van der Waals surface area contributed by atoms with Crippen molar-refractivity contribution in [1.29, 1.82) is 0 Å². The molecular weight excluding hydrogens is 380 g/mol. The van der Waals surface area contributed by atoms with Gasteiger partial charge in [-0.1, -0.05) is 18.5 Å². The van der Waals surface area contributed by atoms with E-state index in [1.807, 2.05) is 0 Å². The Kier molecular flexibility index (Phi) is 5.04. The Morgan fingerprint density at radius 2 is 2.11 bits per heavy atom. The number of aromatic nitrogens is 4. The topological polar surface area (TPSA) is 84.5 Å². The van der Waals surface area contributed by atoms with Crippen molar-refractivity contribution >= 4 is 34.7 Å². The van der Waals surface area contributed by atoms with Gasteiger partial charge in [0.15, 0.2) is 5.82 Å². The summed E-state index contributed by atoms with van der Waals surface area (Å²) in [6.45, 7) is 3.79. The SMILES string of the molecule is C[C@@H]1CCCN(c2nccn3c(=O)n(CC(=O)Nc4ccc(Cl)cc4)nc23)C1. The molecule has 3 aromatic rings. The summed E-state index contributed by atoms with van der Waals surface area (Å²) in [5.74, 6) is 0.909. The number of hydrogen-bond acceptors (Lipinski definition) is 5. The van der Waals surface area contributed by atoms with Crippen molar-refractivity contribution in [3.63, 3.8) is 0 Å². The van der Waals surface area contributed by atoms with Gasteiger partial charge in [-0.3, -0.25) is 4.79 Å². The number of hydrogen-bond donors (Lipinski definition) is 1. The third kappa shape index (κ3) is 3.73. The van der Waals surface area contributed by atoms with Gasteiger partial charge in [-0.05, 0) is 43.0 Å². The molecule has 0 spiro atoms. The lowest BCUT2D eigenvalue weighted by Gasteiger charge is -2.31. The van der Waals surface area contributed by atoms with Crippen molar-refractivity contribution in [3.8, 4) is 0 Å². The molecule has 3 heterocycles. The van der Waals surface area contributed by atoms with E-state index in [1.165, 1.54) is 15.5 Å². The molecule has 0 aliphatic carbocycles. The second-order valence-corrected chi connectivity index (χ2v) is 7.57. The maximum atomic E-state index is 12.7. The van der Waals surface area contributed by atoms with Crippen LogP contribution in [0.4, 0.5) is 11.5 Å². The normalized spacial score (nSPS) is 17.1. The maximum Gasteiger partial charge on any atom is 0.350 e. The van der Waals surface area contributed by atoms with E-state index in [0.29, 0.717) is 28.1 Å². The van der Waals surface area contributed by atoms with E-state index in [-0.39, 0.29) is 18.1 Å². The molecule has 1 amide bonds. The lowest BCUT2D eigenvalue weighted by molar-refractivity contribution is -0.117. The Morgan fingerprint density at radius 1 is 1.32 bits per heavy atom. The van der Waals surface area contributed by atoms with Crippen molar-refractivity contribution in [2.75, 3.05) is 23.3 Å². The van der Waals surface area contributed by atoms with Crippen LogP contribution in [0.15, 0.2) is 41.5 Å². The van der Waals surface area contributed by atoms with E-state index in [9.17, 15) is 9.59 Å². The maximum absolute atomic E-state index is 12.7. The van der Waals surface area contributed by atoms with Crippen molar-refractivity contribution in [2.45, 2.75) is 26.3 Å². The Labute approximate surface area is 166 Å². The second kappa shape index (κ2) is 7.63. The standard InChI is InChI=1S/C19H21ClN6O2/c1-13-3-2-9-24(11-13)17-18-23-26(19(28)25(18)10-8-21-17)12-16(27)22-15-6-4-14(20)5-7-15/h4-8,10,13H,2-3,9,11-12H2,1H3,(H,22,27)/t13-/m1/s1. The van der Waals surface area contributed by atoms with Gasteiger partial charge in [0.25, 0.3) is 0 Å². The third-order valence-corrected chi connectivity index (χ3v) is 5.11. The van der Waals surface area contributed by atoms with Crippen LogP contribution in [0.1, 0.15) is 19.8 Å². The van der Waals surface area contributed by atoms with Crippen LogP contribution >= 0.6 is 11.6 Å². The van der Waals surface area contributed by atoms with Gasteiger partial charge in [0.05, 0.1) is 0 Å². The van der Waals surface area contributed by atoms with Gasteiger partial charge in [0, 0.05) is 36.2 Å². The van der Waals surface area contributed by atoms with Crippen LogP contribution in [0.2, 0.25) is 5.02 Å². The predicted octanol–water partition coefficient (Wildman–Crippen LogP) is 2.42. The molecule has 28 heavy (non-hydrogen) atoms. The summed E-state index contributed by atoms with van der Waals surface area (Å²) in [6.07, 6.45) is 5.45. The summed E-state index contributed by atoms with van der Waals surface area (Å²) in [5.41, 5.74) is 0.715. The minimum Gasteiger partial charge on any atom is -0.353 e. The molecule has 4 rings (SSSR count). The highest BCUT2D eigenvalue weighted by Gasteiger charge is 2.22. The first-order valence-electron chi connectivity index (χ1n) is 9.26. The molecule has 1 N–H and O–H groups in total. The van der Waals surface area contributed by atoms with Gasteiger partial charge in [0.2, 0.25) is 11.6 Å². The zero-order valence-electron chi connectivity index (χ0n) is 15.5. The van der Waals surface area contributed by atoms with Gasteiger partial charge in [-0.25, -0.2) is 18.9 Å². The largest absolute Gasteiger partial charge is 0.353 e. The number of benzene rings is 1. The molecule has 2 aromatic heterocycles. The Balaban J connectivity index is 1.59. The number of amides is 1. The van der Waals surface area contributed by atoms with E-state index >= 15 is 0 Å². The molecule has 8 nitrogen and oxygen atoms in total. The first-order chi connectivity index (χ1) is 13.5. The number of carbonyl (C=O) groups is 1. The van der Waals surface area contributed by atoms with E-state index in [2.05, 4.69) is 27.2 Å². The number of nitrogens with zero attached hydrogens (tertiary/aromatic N) is 5. The van der Waals surface area contributed by atoms with Crippen molar-refractivity contribution in [1.82, 2.24) is 19.2 Å². The van der Waals surface area contributed by atoms with E-state index in [0.717, 1.165) is 19.5 Å². The van der Waals surface area contributed by atoms with Crippen LogP contribution in [0.5, 0.6) is 0 Å². The summed E-state index contributed by atoms with van der Waals surface area (Å²) < 4.78 is 2.61. The highest BCUT2D eigenvalue weighted by molar-refractivity contribution is 6.30. The molecule has 0 unspecified atom stereocenters. The van der Waals surface area contributed by atoms with E-state index in [1.54, 1.807) is 36.7 Å². The zero-order chi connectivity index (χ0) is 19.7. The number of carbonyl (C=O) groups excluding carboxylic acids is 1. The van der Waals surface area contributed by atoms with E-state index < -0.39 is 0 Å². The van der Waals surface area contributed by atoms with Gasteiger partial charge in [-0.15, -0.1) is 5.10 Å². The fourth-order valence-corrected chi connectivity index (χ4v) is 3.64. The Bertz CT molecular complexity index is 1060. The summed E-state index contributed by atoms with van der Waals surface area (Å²) in [7, 11) is 0. The molecule has 0 radical (unpaired) electrons. The first kappa shape index (κ1) is 18.5. The fraction of sp³-hybridized carbons (Fsp3) is 0.368. The van der Waals surface area contributed by atoms with Gasteiger partial charge >= 0.3 is 5.69 Å². The highest BCUT2D eigenvalue weighted by Crippen LogP contribution is 2.23. The predicted molar refractivity (Wildman–Crippen MR) is 108 cm³/mol. The molecule has 146 valence electrons. The summed E-state index contributed by atoms with van der Waals surface area (Å²) >= 11 is 5.85. The Morgan fingerprint density at radius 3 is 2.86 bits per heavy atom. The lowest BCUT2D eigenvalue weighted by Crippen LogP contribution is -2.35. The van der Waals surface area contributed by atoms with Crippen LogP contribution in [0.3, 0.4) is 0 Å². The smallest absolute Gasteiger partial charge is 0.350 e. The zero-order valence-corrected chi connectivity index (χ0v) is 16.3. The summed E-state index contributed by atoms with van der Waals surface area (Å²) in [6, 6.07) is 6.77. The van der Waals surface area contributed by atoms with Crippen LogP contribution in [-0.2, 0) is 11.3 Å². The number of rotatable bonds is 4. The van der Waals surface area contributed by atoms with Crippen molar-refractivity contribution in [2.24, 2.45) is 5.92 Å². The lowest BCUT2D eigenvalue weighted by atomic mass is 10.0. The average Bonchev–Trinajstić information content (AvgIpc) is 2.99. The molecule has 0 saturated carbocycles. The number of fused-ring (bicyclic) bond motifs is 1. The monoisotopic (exact) mass is 400 g/mol. The van der Waals surface area contributed by atoms with Crippen LogP contribution in [0.25, 0.3) is 5.65 Å². The summed E-state index contributed by atoms with van der Waals surface area (Å²) in [5, 5.41) is 7.71. The van der Waals surface area contributed by atoms with E-state index in [4.69, 9.17) is 11.6 Å². The Hall–Kier alpha value is -2.87. The molecule has 1 aromatic carbocycles. The number of halogens is 1. The van der Waals surface area contributed by atoms with Crippen molar-refractivity contribution in [3.05, 3.63) is 52.2 Å². The fourth-order valence-electron chi connectivity index (χ4n) is 3.51. The van der Waals surface area contributed by atoms with Crippen LogP contribution in [-0.4, -0.2) is 38.2 Å². The second-order valence-electron chi connectivity index (χ2n) is 7.13. The number of anilines is 2. The molecule has 1 atom stereocenters. The van der Waals surface area contributed by atoms with Gasteiger partial charge in [-0.2, -0.15) is 0 Å². The van der Waals surface area contributed by atoms with Crippen LogP contribution < -0.4 is 15.9 Å². The van der Waals surface area contributed by atoms with Crippen molar-refractivity contribution < 1.29 is 4.79 Å². The first-order valence-corrected chi connectivity index (χ1v) is 9.63. The molecule has 1 saturated heterocycles. The average molecular weight is 401 g/mol.